The molecule has 0 atom stereocenters. The van der Waals surface area contributed by atoms with Crippen LogP contribution in [-0.4, -0.2) is 43.1 Å². The van der Waals surface area contributed by atoms with Crippen LogP contribution in [0.15, 0.2) is 24.3 Å². The van der Waals surface area contributed by atoms with Gasteiger partial charge in [0.25, 0.3) is 5.91 Å². The van der Waals surface area contributed by atoms with Crippen molar-refractivity contribution in [2.75, 3.05) is 25.6 Å². The van der Waals surface area contributed by atoms with E-state index in [9.17, 15) is 18.8 Å². The molecule has 148 valence electrons. The topological polar surface area (TPSA) is 84.9 Å². The molecule has 0 aliphatic carbocycles. The van der Waals surface area contributed by atoms with Gasteiger partial charge in [-0.1, -0.05) is 0 Å². The number of benzene rings is 1. The second-order valence-electron chi connectivity index (χ2n) is 6.03. The summed E-state index contributed by atoms with van der Waals surface area (Å²) < 4.78 is 23.0. The van der Waals surface area contributed by atoms with Crippen LogP contribution in [0.5, 0.6) is 0 Å². The summed E-state index contributed by atoms with van der Waals surface area (Å²) >= 11 is 1.22. The van der Waals surface area contributed by atoms with Gasteiger partial charge in [0, 0.05) is 17.0 Å². The van der Waals surface area contributed by atoms with Crippen molar-refractivity contribution in [2.45, 2.75) is 19.9 Å². The minimum absolute atomic E-state index is 0.198. The Labute approximate surface area is 165 Å². The fourth-order valence-electron chi connectivity index (χ4n) is 2.97. The fraction of sp³-hybridized carbons (Fsp3) is 0.316. The van der Waals surface area contributed by atoms with E-state index >= 15 is 0 Å². The average Bonchev–Trinajstić information content (AvgIpc) is 3.04. The highest BCUT2D eigenvalue weighted by molar-refractivity contribution is 7.17. The molecule has 1 N–H and O–H groups in total. The summed E-state index contributed by atoms with van der Waals surface area (Å²) in [4.78, 5) is 39.2. The van der Waals surface area contributed by atoms with Gasteiger partial charge >= 0.3 is 12.1 Å². The molecule has 3 rings (SSSR count). The van der Waals surface area contributed by atoms with Crippen LogP contribution in [0.1, 0.15) is 38.1 Å². The summed E-state index contributed by atoms with van der Waals surface area (Å²) in [5.41, 5.74) is 1.33. The van der Waals surface area contributed by atoms with Gasteiger partial charge < -0.3 is 19.7 Å². The van der Waals surface area contributed by atoms with Crippen LogP contribution in [0.3, 0.4) is 0 Å². The van der Waals surface area contributed by atoms with Gasteiger partial charge in [-0.15, -0.1) is 11.3 Å². The lowest BCUT2D eigenvalue weighted by Crippen LogP contribution is -2.35. The van der Waals surface area contributed by atoms with Crippen LogP contribution in [-0.2, 0) is 22.4 Å². The number of amides is 2. The van der Waals surface area contributed by atoms with Crippen molar-refractivity contribution in [2.24, 2.45) is 0 Å². The molecule has 2 aromatic rings. The van der Waals surface area contributed by atoms with E-state index in [4.69, 9.17) is 9.47 Å². The van der Waals surface area contributed by atoms with E-state index in [2.05, 4.69) is 5.32 Å². The van der Waals surface area contributed by atoms with Crippen LogP contribution in [0.2, 0.25) is 0 Å². The number of halogens is 1. The summed E-state index contributed by atoms with van der Waals surface area (Å²) in [6.07, 6.45) is -0.00441. The third-order valence-corrected chi connectivity index (χ3v) is 5.43. The Bertz CT molecular complexity index is 910. The number of ether oxygens (including phenoxy) is 2. The smallest absolute Gasteiger partial charge is 0.409 e. The minimum Gasteiger partial charge on any atom is -0.462 e. The first-order chi connectivity index (χ1) is 13.4. The molecular weight excluding hydrogens is 387 g/mol. The average molecular weight is 406 g/mol. The number of hydrogen-bond donors (Lipinski definition) is 1. The Morgan fingerprint density at radius 1 is 1.25 bits per heavy atom. The van der Waals surface area contributed by atoms with E-state index in [0.29, 0.717) is 23.5 Å². The molecule has 0 radical (unpaired) electrons. The van der Waals surface area contributed by atoms with Crippen LogP contribution in [0.4, 0.5) is 14.2 Å². The Hall–Kier alpha value is -2.94. The molecule has 1 aromatic carbocycles. The van der Waals surface area contributed by atoms with E-state index in [0.717, 1.165) is 10.4 Å². The molecule has 9 heteroatoms. The second-order valence-corrected chi connectivity index (χ2v) is 7.14. The molecule has 0 saturated heterocycles. The SMILES string of the molecule is CCOC(=O)c1c(NC(=O)c2ccc(F)cc2)sc2c1CCN(C(=O)OC)C2. The van der Waals surface area contributed by atoms with Crippen LogP contribution >= 0.6 is 11.3 Å². The molecule has 28 heavy (non-hydrogen) atoms. The zero-order valence-electron chi connectivity index (χ0n) is 15.4. The Balaban J connectivity index is 1.92. The number of carbonyl (C=O) groups is 3. The van der Waals surface area contributed by atoms with Crippen molar-refractivity contribution < 1.29 is 28.2 Å². The van der Waals surface area contributed by atoms with Gasteiger partial charge in [0.05, 0.1) is 25.8 Å². The number of nitrogens with zero attached hydrogens (tertiary/aromatic N) is 1. The van der Waals surface area contributed by atoms with E-state index in [1.54, 1.807) is 6.92 Å². The highest BCUT2D eigenvalue weighted by Crippen LogP contribution is 2.38. The third kappa shape index (κ3) is 3.99. The highest BCUT2D eigenvalue weighted by atomic mass is 32.1. The van der Waals surface area contributed by atoms with Crippen molar-refractivity contribution in [3.63, 3.8) is 0 Å². The quantitative estimate of drug-likeness (QED) is 0.787. The molecule has 2 amide bonds. The summed E-state index contributed by atoms with van der Waals surface area (Å²) in [7, 11) is 1.31. The molecular formula is C19H19FN2O5S. The largest absolute Gasteiger partial charge is 0.462 e. The number of carbonyl (C=O) groups excluding carboxylic acids is 3. The molecule has 1 aliphatic heterocycles. The lowest BCUT2D eigenvalue weighted by Gasteiger charge is -2.25. The molecule has 0 spiro atoms. The molecule has 0 unspecified atom stereocenters. The predicted molar refractivity (Wildman–Crippen MR) is 101 cm³/mol. The molecule has 1 aromatic heterocycles. The predicted octanol–water partition coefficient (Wildman–Crippen LogP) is 3.44. The van der Waals surface area contributed by atoms with Gasteiger partial charge in [0.1, 0.15) is 10.8 Å². The van der Waals surface area contributed by atoms with E-state index in [-0.39, 0.29) is 18.7 Å². The maximum absolute atomic E-state index is 13.1. The lowest BCUT2D eigenvalue weighted by molar-refractivity contribution is 0.0526. The van der Waals surface area contributed by atoms with Crippen LogP contribution < -0.4 is 5.32 Å². The first kappa shape index (κ1) is 19.8. The van der Waals surface area contributed by atoms with Crippen molar-refractivity contribution in [1.82, 2.24) is 4.90 Å². The molecule has 0 saturated carbocycles. The summed E-state index contributed by atoms with van der Waals surface area (Å²) in [6.45, 7) is 2.58. The standard InChI is InChI=1S/C19H19FN2O5S/c1-3-27-18(24)15-13-8-9-22(19(25)26-2)10-14(13)28-17(15)21-16(23)11-4-6-12(20)7-5-11/h4-7H,3,8-10H2,1-2H3,(H,21,23). The fourth-order valence-corrected chi connectivity index (χ4v) is 4.22. The Kier molecular flexibility index (Phi) is 5.93. The van der Waals surface area contributed by atoms with Gasteiger partial charge in [-0.2, -0.15) is 0 Å². The van der Waals surface area contributed by atoms with Crippen molar-refractivity contribution >= 4 is 34.3 Å². The number of anilines is 1. The van der Waals surface area contributed by atoms with E-state index in [1.165, 1.54) is 47.6 Å². The number of esters is 1. The normalized spacial score (nSPS) is 12.9. The van der Waals surface area contributed by atoms with Gasteiger partial charge in [0.15, 0.2) is 0 Å². The van der Waals surface area contributed by atoms with E-state index in [1.807, 2.05) is 0 Å². The van der Waals surface area contributed by atoms with Crippen molar-refractivity contribution in [3.8, 4) is 0 Å². The minimum atomic E-state index is -0.527. The highest BCUT2D eigenvalue weighted by Gasteiger charge is 2.31. The maximum atomic E-state index is 13.1. The summed E-state index contributed by atoms with van der Waals surface area (Å²) in [5, 5.41) is 3.07. The van der Waals surface area contributed by atoms with Gasteiger partial charge in [-0.3, -0.25) is 4.79 Å². The van der Waals surface area contributed by atoms with Gasteiger partial charge in [-0.05, 0) is 43.2 Å². The maximum Gasteiger partial charge on any atom is 0.409 e. The third-order valence-electron chi connectivity index (χ3n) is 4.30. The van der Waals surface area contributed by atoms with Crippen LogP contribution in [0.25, 0.3) is 0 Å². The molecule has 0 fully saturated rings. The summed E-state index contributed by atoms with van der Waals surface area (Å²) in [5.74, 6) is -1.44. The number of nitrogens with one attached hydrogen (secondary N) is 1. The van der Waals surface area contributed by atoms with E-state index < -0.39 is 23.8 Å². The molecule has 2 heterocycles. The van der Waals surface area contributed by atoms with Crippen LogP contribution in [0, 0.1) is 5.82 Å². The van der Waals surface area contributed by atoms with Crippen molar-refractivity contribution in [1.29, 1.82) is 0 Å². The Morgan fingerprint density at radius 2 is 1.96 bits per heavy atom. The Morgan fingerprint density at radius 3 is 2.61 bits per heavy atom. The number of thiophene rings is 1. The number of hydrogen-bond acceptors (Lipinski definition) is 6. The second kappa shape index (κ2) is 8.39. The van der Waals surface area contributed by atoms with Gasteiger partial charge in [0.2, 0.25) is 0 Å². The monoisotopic (exact) mass is 406 g/mol. The first-order valence-corrected chi connectivity index (χ1v) is 9.47. The first-order valence-electron chi connectivity index (χ1n) is 8.66. The number of fused-ring (bicyclic) bond motifs is 1. The van der Waals surface area contributed by atoms with Gasteiger partial charge in [-0.25, -0.2) is 14.0 Å². The zero-order valence-corrected chi connectivity index (χ0v) is 16.2. The molecule has 1 aliphatic rings. The molecule has 0 bridgehead atoms. The van der Waals surface area contributed by atoms with Crippen molar-refractivity contribution in [3.05, 3.63) is 51.7 Å². The number of rotatable bonds is 4. The zero-order chi connectivity index (χ0) is 20.3. The summed E-state index contributed by atoms with van der Waals surface area (Å²) in [6, 6.07) is 5.10. The number of methoxy groups -OCH3 is 1. The molecule has 7 nitrogen and oxygen atoms in total. The lowest BCUT2D eigenvalue weighted by atomic mass is 10.0.